The summed E-state index contributed by atoms with van der Waals surface area (Å²) in [6.07, 6.45) is 0. The second-order valence-corrected chi connectivity index (χ2v) is 6.39. The van der Waals surface area contributed by atoms with Crippen molar-refractivity contribution in [1.82, 2.24) is 4.90 Å². The lowest BCUT2D eigenvalue weighted by atomic mass is 10.2. The number of nitrogens with zero attached hydrogens (tertiary/aromatic N) is 1. The molecule has 0 saturated heterocycles. The van der Waals surface area contributed by atoms with Crippen LogP contribution in [0.15, 0.2) is 35.7 Å². The van der Waals surface area contributed by atoms with E-state index in [0.717, 1.165) is 5.56 Å². The van der Waals surface area contributed by atoms with Crippen LogP contribution in [0, 0.1) is 0 Å². The number of ketones is 1. The number of methoxy groups -OCH3 is 1. The molecule has 1 amide bonds. The predicted molar refractivity (Wildman–Crippen MR) is 92.4 cm³/mol. The predicted octanol–water partition coefficient (Wildman–Crippen LogP) is 3.89. The van der Waals surface area contributed by atoms with E-state index in [1.54, 1.807) is 29.5 Å². The van der Waals surface area contributed by atoms with E-state index in [9.17, 15) is 9.59 Å². The summed E-state index contributed by atoms with van der Waals surface area (Å²) in [5.41, 5.74) is 1.39. The fourth-order valence-corrected chi connectivity index (χ4v) is 3.08. The van der Waals surface area contributed by atoms with Gasteiger partial charge < -0.3 is 9.64 Å². The zero-order chi connectivity index (χ0) is 16.8. The molecule has 2 aromatic rings. The van der Waals surface area contributed by atoms with E-state index in [4.69, 9.17) is 16.3 Å². The highest BCUT2D eigenvalue weighted by Gasteiger charge is 2.19. The van der Waals surface area contributed by atoms with Gasteiger partial charge in [0.25, 0.3) is 5.91 Å². The van der Waals surface area contributed by atoms with Crippen molar-refractivity contribution in [1.29, 1.82) is 0 Å². The molecule has 122 valence electrons. The Hall–Kier alpha value is -1.69. The summed E-state index contributed by atoms with van der Waals surface area (Å²) in [5.74, 6) is -0.172. The van der Waals surface area contributed by atoms with Crippen molar-refractivity contribution >= 4 is 34.6 Å². The van der Waals surface area contributed by atoms with Crippen LogP contribution in [0.1, 0.15) is 32.5 Å². The van der Waals surface area contributed by atoms with E-state index in [1.165, 1.54) is 18.3 Å². The minimum Gasteiger partial charge on any atom is -0.383 e. The third-order valence-corrected chi connectivity index (χ3v) is 4.76. The molecule has 1 heterocycles. The monoisotopic (exact) mass is 351 g/mol. The number of carbonyl (C=O) groups is 2. The molecule has 0 unspecified atom stereocenters. The Kier molecular flexibility index (Phi) is 6.33. The minimum absolute atomic E-state index is 0.0383. The van der Waals surface area contributed by atoms with Gasteiger partial charge in [-0.15, -0.1) is 11.3 Å². The van der Waals surface area contributed by atoms with Gasteiger partial charge in [0.1, 0.15) is 0 Å². The highest BCUT2D eigenvalue weighted by atomic mass is 35.5. The molecule has 1 aromatic carbocycles. The lowest BCUT2D eigenvalue weighted by molar-refractivity contribution is 0.0681. The van der Waals surface area contributed by atoms with Gasteiger partial charge in [-0.1, -0.05) is 29.8 Å². The molecule has 23 heavy (non-hydrogen) atoms. The molecular formula is C17H18ClNO3S. The Morgan fingerprint density at radius 2 is 2.04 bits per heavy atom. The summed E-state index contributed by atoms with van der Waals surface area (Å²) in [6.45, 7) is 2.77. The maximum atomic E-state index is 12.7. The second-order valence-electron chi connectivity index (χ2n) is 5.07. The number of hydrogen-bond acceptors (Lipinski definition) is 4. The van der Waals surface area contributed by atoms with Crippen LogP contribution in [-0.4, -0.2) is 36.9 Å². The van der Waals surface area contributed by atoms with Crippen molar-refractivity contribution in [2.24, 2.45) is 0 Å². The van der Waals surface area contributed by atoms with Gasteiger partial charge in [-0.25, -0.2) is 0 Å². The van der Waals surface area contributed by atoms with Gasteiger partial charge in [0.2, 0.25) is 0 Å². The Labute approximate surface area is 144 Å². The van der Waals surface area contributed by atoms with Gasteiger partial charge in [-0.3, -0.25) is 9.59 Å². The lowest BCUT2D eigenvalue weighted by Crippen LogP contribution is -2.33. The van der Waals surface area contributed by atoms with Crippen LogP contribution in [-0.2, 0) is 11.3 Å². The van der Waals surface area contributed by atoms with E-state index in [-0.39, 0.29) is 11.7 Å². The molecule has 0 aliphatic heterocycles. The van der Waals surface area contributed by atoms with Crippen LogP contribution >= 0.6 is 22.9 Å². The van der Waals surface area contributed by atoms with Crippen LogP contribution in [0.4, 0.5) is 0 Å². The number of rotatable bonds is 7. The van der Waals surface area contributed by atoms with Crippen LogP contribution in [0.25, 0.3) is 0 Å². The SMILES string of the molecule is COCCN(Cc1ccccc1Cl)C(=O)c1csc(C(C)=O)c1. The van der Waals surface area contributed by atoms with E-state index < -0.39 is 0 Å². The van der Waals surface area contributed by atoms with Gasteiger partial charge in [0.15, 0.2) is 5.78 Å². The topological polar surface area (TPSA) is 46.6 Å². The first-order valence-electron chi connectivity index (χ1n) is 7.14. The third kappa shape index (κ3) is 4.64. The molecule has 0 radical (unpaired) electrons. The first-order chi connectivity index (χ1) is 11.0. The van der Waals surface area contributed by atoms with Gasteiger partial charge >= 0.3 is 0 Å². The molecule has 1 aromatic heterocycles. The van der Waals surface area contributed by atoms with Crippen molar-refractivity contribution < 1.29 is 14.3 Å². The molecule has 0 bridgehead atoms. The first-order valence-corrected chi connectivity index (χ1v) is 8.39. The molecule has 0 spiro atoms. The van der Waals surface area contributed by atoms with Crippen LogP contribution < -0.4 is 0 Å². The Morgan fingerprint density at radius 1 is 1.30 bits per heavy atom. The number of Topliss-reactive ketones (excluding diaryl/α,β-unsaturated/α-hetero) is 1. The summed E-state index contributed by atoms with van der Waals surface area (Å²) in [4.78, 5) is 26.4. The van der Waals surface area contributed by atoms with Gasteiger partial charge in [-0.05, 0) is 24.6 Å². The summed E-state index contributed by atoms with van der Waals surface area (Å²) in [5, 5.41) is 2.34. The highest BCUT2D eigenvalue weighted by molar-refractivity contribution is 7.12. The van der Waals surface area contributed by atoms with E-state index in [0.29, 0.717) is 35.2 Å². The number of halogens is 1. The molecular weight excluding hydrogens is 334 g/mol. The molecule has 0 N–H and O–H groups in total. The first kappa shape index (κ1) is 17.7. The Morgan fingerprint density at radius 3 is 2.65 bits per heavy atom. The number of carbonyl (C=O) groups excluding carboxylic acids is 2. The van der Waals surface area contributed by atoms with Crippen molar-refractivity contribution in [3.05, 3.63) is 56.7 Å². The number of ether oxygens (including phenoxy) is 1. The standard InChI is InChI=1S/C17H18ClNO3S/c1-12(20)16-9-14(11-23-16)17(21)19(7-8-22-2)10-13-5-3-4-6-15(13)18/h3-6,9,11H,7-8,10H2,1-2H3. The van der Waals surface area contributed by atoms with Crippen LogP contribution in [0.3, 0.4) is 0 Å². The smallest absolute Gasteiger partial charge is 0.255 e. The summed E-state index contributed by atoms with van der Waals surface area (Å²) in [6, 6.07) is 9.07. The van der Waals surface area contributed by atoms with E-state index in [2.05, 4.69) is 0 Å². The number of amides is 1. The molecule has 0 saturated carbocycles. The molecule has 0 aliphatic carbocycles. The van der Waals surface area contributed by atoms with E-state index in [1.807, 2.05) is 18.2 Å². The van der Waals surface area contributed by atoms with Crippen LogP contribution in [0.5, 0.6) is 0 Å². The number of thiophene rings is 1. The Bertz CT molecular complexity index is 699. The lowest BCUT2D eigenvalue weighted by Gasteiger charge is -2.22. The zero-order valence-electron chi connectivity index (χ0n) is 13.0. The zero-order valence-corrected chi connectivity index (χ0v) is 14.6. The van der Waals surface area contributed by atoms with Crippen LogP contribution in [0.2, 0.25) is 5.02 Å². The molecule has 0 fully saturated rings. The van der Waals surface area contributed by atoms with Crippen molar-refractivity contribution in [3.63, 3.8) is 0 Å². The summed E-state index contributed by atoms with van der Waals surface area (Å²) in [7, 11) is 1.59. The number of benzene rings is 1. The maximum Gasteiger partial charge on any atom is 0.255 e. The molecule has 0 atom stereocenters. The van der Waals surface area contributed by atoms with Gasteiger partial charge in [0.05, 0.1) is 17.0 Å². The fraction of sp³-hybridized carbons (Fsp3) is 0.294. The van der Waals surface area contributed by atoms with E-state index >= 15 is 0 Å². The highest BCUT2D eigenvalue weighted by Crippen LogP contribution is 2.21. The Balaban J connectivity index is 2.21. The summed E-state index contributed by atoms with van der Waals surface area (Å²) >= 11 is 7.47. The van der Waals surface area contributed by atoms with Crippen molar-refractivity contribution in [3.8, 4) is 0 Å². The van der Waals surface area contributed by atoms with Crippen molar-refractivity contribution in [2.45, 2.75) is 13.5 Å². The minimum atomic E-state index is -0.134. The molecule has 4 nitrogen and oxygen atoms in total. The maximum absolute atomic E-state index is 12.7. The van der Waals surface area contributed by atoms with Gasteiger partial charge in [-0.2, -0.15) is 0 Å². The average molecular weight is 352 g/mol. The quantitative estimate of drug-likeness (QED) is 0.711. The summed E-state index contributed by atoms with van der Waals surface area (Å²) < 4.78 is 5.09. The largest absolute Gasteiger partial charge is 0.383 e. The van der Waals surface area contributed by atoms with Gasteiger partial charge in [0, 0.05) is 30.6 Å². The molecule has 2 rings (SSSR count). The second kappa shape index (κ2) is 8.24. The average Bonchev–Trinajstić information content (AvgIpc) is 3.02. The number of hydrogen-bond donors (Lipinski definition) is 0. The molecule has 0 aliphatic rings. The fourth-order valence-electron chi connectivity index (χ4n) is 2.10. The van der Waals surface area contributed by atoms with Crippen molar-refractivity contribution in [2.75, 3.05) is 20.3 Å². The molecule has 6 heteroatoms. The third-order valence-electron chi connectivity index (χ3n) is 3.36. The normalized spacial score (nSPS) is 10.6.